The molecule has 0 bridgehead atoms. The monoisotopic (exact) mass is 248 g/mol. The van der Waals surface area contributed by atoms with Gasteiger partial charge in [-0.05, 0) is 25.0 Å². The molecule has 2 heterocycles. The third kappa shape index (κ3) is 2.02. The van der Waals surface area contributed by atoms with E-state index in [-0.39, 0.29) is 0 Å². The Balaban J connectivity index is 2.15. The highest BCUT2D eigenvalue weighted by atomic mass is 15.1. The fourth-order valence-electron chi connectivity index (χ4n) is 1.95. The average molecular weight is 248 g/mol. The van der Waals surface area contributed by atoms with Crippen LogP contribution in [0, 0.1) is 18.8 Å². The van der Waals surface area contributed by atoms with Crippen molar-refractivity contribution in [2.45, 2.75) is 6.92 Å². The topological polar surface area (TPSA) is 56.2 Å². The second kappa shape index (κ2) is 4.46. The van der Waals surface area contributed by atoms with Crippen LogP contribution in [-0.2, 0) is 0 Å². The summed E-state index contributed by atoms with van der Waals surface area (Å²) in [6, 6.07) is 9.79. The average Bonchev–Trinajstić information content (AvgIpc) is 2.76. The van der Waals surface area contributed by atoms with Crippen LogP contribution < -0.4 is 5.73 Å². The first-order valence-electron chi connectivity index (χ1n) is 5.92. The molecule has 3 aromatic rings. The van der Waals surface area contributed by atoms with Gasteiger partial charge in [-0.2, -0.15) is 0 Å². The van der Waals surface area contributed by atoms with Gasteiger partial charge >= 0.3 is 0 Å². The van der Waals surface area contributed by atoms with Crippen molar-refractivity contribution >= 4 is 11.3 Å². The van der Waals surface area contributed by atoms with E-state index in [1.54, 1.807) is 6.20 Å². The van der Waals surface area contributed by atoms with Crippen molar-refractivity contribution in [3.63, 3.8) is 0 Å². The Bertz CT molecular complexity index is 791. The maximum absolute atomic E-state index is 5.90. The molecule has 0 spiro atoms. The summed E-state index contributed by atoms with van der Waals surface area (Å²) in [7, 11) is 0. The molecule has 0 unspecified atom stereocenters. The zero-order valence-corrected chi connectivity index (χ0v) is 10.5. The van der Waals surface area contributed by atoms with Crippen molar-refractivity contribution in [2.75, 3.05) is 5.73 Å². The molecule has 0 aliphatic heterocycles. The summed E-state index contributed by atoms with van der Waals surface area (Å²) in [6.07, 6.45) is 3.49. The molecule has 3 rings (SSSR count). The van der Waals surface area contributed by atoms with E-state index in [1.165, 1.54) is 0 Å². The minimum atomic E-state index is 0.445. The van der Waals surface area contributed by atoms with E-state index in [0.29, 0.717) is 11.5 Å². The largest absolute Gasteiger partial charge is 0.382 e. The molecule has 1 aromatic carbocycles. The Kier molecular flexibility index (Phi) is 2.66. The molecular weight excluding hydrogens is 236 g/mol. The van der Waals surface area contributed by atoms with Crippen molar-refractivity contribution in [1.29, 1.82) is 0 Å². The van der Waals surface area contributed by atoms with Gasteiger partial charge in [-0.15, -0.1) is 0 Å². The van der Waals surface area contributed by atoms with E-state index in [0.717, 1.165) is 16.9 Å². The molecule has 19 heavy (non-hydrogen) atoms. The molecule has 0 atom stereocenters. The lowest BCUT2D eigenvalue weighted by Crippen LogP contribution is -1.96. The molecule has 92 valence electrons. The summed E-state index contributed by atoms with van der Waals surface area (Å²) in [4.78, 5) is 8.52. The lowest BCUT2D eigenvalue weighted by atomic mass is 10.2. The van der Waals surface area contributed by atoms with E-state index in [1.807, 2.05) is 47.9 Å². The van der Waals surface area contributed by atoms with E-state index in [9.17, 15) is 0 Å². The Morgan fingerprint density at radius 1 is 1.16 bits per heavy atom. The molecule has 0 aliphatic rings. The molecule has 0 saturated heterocycles. The number of benzene rings is 1. The first kappa shape index (κ1) is 11.3. The van der Waals surface area contributed by atoms with Gasteiger partial charge in [0.2, 0.25) is 0 Å². The molecule has 4 heteroatoms. The molecule has 2 aromatic heterocycles. The van der Waals surface area contributed by atoms with Crippen LogP contribution in [0.2, 0.25) is 0 Å². The quantitative estimate of drug-likeness (QED) is 0.619. The van der Waals surface area contributed by atoms with Crippen LogP contribution in [-0.4, -0.2) is 14.4 Å². The summed E-state index contributed by atoms with van der Waals surface area (Å²) < 4.78 is 1.90. The van der Waals surface area contributed by atoms with E-state index in [4.69, 9.17) is 5.73 Å². The molecule has 0 aliphatic carbocycles. The molecule has 4 nitrogen and oxygen atoms in total. The van der Waals surface area contributed by atoms with Gasteiger partial charge in [-0.1, -0.05) is 24.1 Å². The zero-order valence-electron chi connectivity index (χ0n) is 10.5. The highest BCUT2D eigenvalue weighted by molar-refractivity contribution is 5.73. The standard InChI is InChI=1S/C15H12N4/c1-11-18-13(8-7-12-5-3-2-4-6-12)14-15(16)17-9-10-19(11)14/h2-6,9-10H,1H3,(H2,16,17). The van der Waals surface area contributed by atoms with Crippen LogP contribution in [0.3, 0.4) is 0 Å². The summed E-state index contributed by atoms with van der Waals surface area (Å²) in [5, 5.41) is 0. The van der Waals surface area contributed by atoms with Gasteiger partial charge in [0.05, 0.1) is 0 Å². The van der Waals surface area contributed by atoms with Crippen LogP contribution >= 0.6 is 0 Å². The third-order valence-electron chi connectivity index (χ3n) is 2.86. The summed E-state index contributed by atoms with van der Waals surface area (Å²) in [5.74, 6) is 7.44. The van der Waals surface area contributed by atoms with Gasteiger partial charge in [0.1, 0.15) is 17.0 Å². The maximum Gasteiger partial charge on any atom is 0.150 e. The fourth-order valence-corrected chi connectivity index (χ4v) is 1.95. The number of nitrogens with two attached hydrogens (primary N) is 1. The first-order valence-corrected chi connectivity index (χ1v) is 5.92. The molecule has 0 amide bonds. The predicted octanol–water partition coefficient (Wildman–Crippen LogP) is 2.02. The number of aromatic nitrogens is 3. The number of rotatable bonds is 0. The first-order chi connectivity index (χ1) is 9.25. The highest BCUT2D eigenvalue weighted by Crippen LogP contribution is 2.16. The van der Waals surface area contributed by atoms with Gasteiger partial charge in [0.25, 0.3) is 0 Å². The van der Waals surface area contributed by atoms with E-state index < -0.39 is 0 Å². The number of hydrogen-bond donors (Lipinski definition) is 1. The molecule has 0 saturated carbocycles. The lowest BCUT2D eigenvalue weighted by molar-refractivity contribution is 1.03. The molecule has 0 fully saturated rings. The number of fused-ring (bicyclic) bond motifs is 1. The van der Waals surface area contributed by atoms with Crippen LogP contribution in [0.5, 0.6) is 0 Å². The SMILES string of the molecule is Cc1nc(C#Cc2ccccc2)c2c(N)nccn12. The van der Waals surface area contributed by atoms with Gasteiger partial charge in [0.15, 0.2) is 5.82 Å². The van der Waals surface area contributed by atoms with E-state index >= 15 is 0 Å². The molecular formula is C15H12N4. The van der Waals surface area contributed by atoms with Gasteiger partial charge < -0.3 is 5.73 Å². The molecule has 0 radical (unpaired) electrons. The molecule has 2 N–H and O–H groups in total. The second-order valence-corrected chi connectivity index (χ2v) is 4.15. The second-order valence-electron chi connectivity index (χ2n) is 4.15. The smallest absolute Gasteiger partial charge is 0.150 e. The minimum absolute atomic E-state index is 0.445. The minimum Gasteiger partial charge on any atom is -0.382 e. The third-order valence-corrected chi connectivity index (χ3v) is 2.86. The van der Waals surface area contributed by atoms with Crippen LogP contribution in [0.25, 0.3) is 5.52 Å². The van der Waals surface area contributed by atoms with Gasteiger partial charge in [-0.25, -0.2) is 9.97 Å². The van der Waals surface area contributed by atoms with Crippen molar-refractivity contribution in [3.8, 4) is 11.8 Å². The normalized spacial score (nSPS) is 10.2. The summed E-state index contributed by atoms with van der Waals surface area (Å²) in [6.45, 7) is 1.92. The zero-order chi connectivity index (χ0) is 13.2. The number of aryl methyl sites for hydroxylation is 1. The van der Waals surface area contributed by atoms with Crippen LogP contribution in [0.15, 0.2) is 42.7 Å². The maximum atomic E-state index is 5.90. The Morgan fingerprint density at radius 2 is 1.95 bits per heavy atom. The lowest BCUT2D eigenvalue weighted by Gasteiger charge is -1.97. The van der Waals surface area contributed by atoms with E-state index in [2.05, 4.69) is 21.8 Å². The van der Waals surface area contributed by atoms with Crippen molar-refractivity contribution < 1.29 is 0 Å². The number of anilines is 1. The Hall–Kier alpha value is -2.80. The Labute approximate surface area is 110 Å². The number of nitrogens with zero attached hydrogens (tertiary/aromatic N) is 3. The van der Waals surface area contributed by atoms with Crippen LogP contribution in [0.1, 0.15) is 17.1 Å². The Morgan fingerprint density at radius 3 is 2.74 bits per heavy atom. The summed E-state index contributed by atoms with van der Waals surface area (Å²) in [5.41, 5.74) is 8.27. The summed E-state index contributed by atoms with van der Waals surface area (Å²) >= 11 is 0. The van der Waals surface area contributed by atoms with Gasteiger partial charge in [0, 0.05) is 18.0 Å². The highest BCUT2D eigenvalue weighted by Gasteiger charge is 2.09. The number of imidazole rings is 1. The van der Waals surface area contributed by atoms with Crippen LogP contribution in [0.4, 0.5) is 5.82 Å². The van der Waals surface area contributed by atoms with Crippen molar-refractivity contribution in [1.82, 2.24) is 14.4 Å². The van der Waals surface area contributed by atoms with Crippen molar-refractivity contribution in [2.24, 2.45) is 0 Å². The van der Waals surface area contributed by atoms with Crippen molar-refractivity contribution in [3.05, 3.63) is 59.8 Å². The predicted molar refractivity (Wildman–Crippen MR) is 74.6 cm³/mol. The van der Waals surface area contributed by atoms with Gasteiger partial charge in [-0.3, -0.25) is 4.40 Å². The fraction of sp³-hybridized carbons (Fsp3) is 0.0667. The number of hydrogen-bond acceptors (Lipinski definition) is 3. The number of nitrogen functional groups attached to an aromatic ring is 1.